The van der Waals surface area contributed by atoms with Gasteiger partial charge in [0.1, 0.15) is 5.69 Å². The summed E-state index contributed by atoms with van der Waals surface area (Å²) in [6.45, 7) is 3.53. The van der Waals surface area contributed by atoms with E-state index in [4.69, 9.17) is 0 Å². The van der Waals surface area contributed by atoms with Gasteiger partial charge in [0.25, 0.3) is 5.91 Å². The molecule has 136 valence electrons. The molecule has 2 heterocycles. The lowest BCUT2D eigenvalue weighted by Gasteiger charge is -2.31. The Labute approximate surface area is 153 Å². The van der Waals surface area contributed by atoms with Crippen molar-refractivity contribution in [3.05, 3.63) is 59.7 Å². The standard InChI is InChI=1S/C20H24N4O2/c1-15-12-23-18(13-22-15)20(26)24-11-5-8-17(14-24)19(25)21-10-9-16-6-3-2-4-7-16/h2-4,6-7,12-13,17H,5,8-11,14H2,1H3,(H,21,25). The second-order valence-electron chi connectivity index (χ2n) is 6.66. The van der Waals surface area contributed by atoms with Crippen molar-refractivity contribution in [2.75, 3.05) is 19.6 Å². The SMILES string of the molecule is Cc1cnc(C(=O)N2CCCC(C(=O)NCCc3ccccc3)C2)cn1. The van der Waals surface area contributed by atoms with Gasteiger partial charge in [-0.3, -0.25) is 14.6 Å². The smallest absolute Gasteiger partial charge is 0.274 e. The highest BCUT2D eigenvalue weighted by Gasteiger charge is 2.29. The summed E-state index contributed by atoms with van der Waals surface area (Å²) in [5.74, 6) is -0.297. The van der Waals surface area contributed by atoms with Crippen LogP contribution in [-0.2, 0) is 11.2 Å². The second kappa shape index (κ2) is 8.56. The number of nitrogens with zero attached hydrogens (tertiary/aromatic N) is 3. The Bertz CT molecular complexity index is 746. The molecule has 6 heteroatoms. The number of nitrogens with one attached hydrogen (secondary N) is 1. The van der Waals surface area contributed by atoms with Gasteiger partial charge >= 0.3 is 0 Å². The lowest BCUT2D eigenvalue weighted by molar-refractivity contribution is -0.126. The zero-order chi connectivity index (χ0) is 18.4. The number of amides is 2. The fraction of sp³-hybridized carbons (Fsp3) is 0.400. The largest absolute Gasteiger partial charge is 0.355 e. The maximum atomic E-state index is 12.6. The Morgan fingerprint density at radius 2 is 2.00 bits per heavy atom. The van der Waals surface area contributed by atoms with Gasteiger partial charge in [-0.05, 0) is 31.7 Å². The van der Waals surface area contributed by atoms with Crippen molar-refractivity contribution in [3.63, 3.8) is 0 Å². The summed E-state index contributed by atoms with van der Waals surface area (Å²) in [5.41, 5.74) is 2.31. The highest BCUT2D eigenvalue weighted by Crippen LogP contribution is 2.18. The molecule has 1 aliphatic rings. The van der Waals surface area contributed by atoms with Crippen molar-refractivity contribution in [3.8, 4) is 0 Å². The molecule has 1 aliphatic heterocycles. The zero-order valence-electron chi connectivity index (χ0n) is 15.0. The summed E-state index contributed by atoms with van der Waals surface area (Å²) in [6, 6.07) is 10.1. The highest BCUT2D eigenvalue weighted by atomic mass is 16.2. The Balaban J connectivity index is 1.51. The summed E-state index contributed by atoms with van der Waals surface area (Å²) in [4.78, 5) is 35.0. The van der Waals surface area contributed by atoms with Crippen molar-refractivity contribution in [2.45, 2.75) is 26.2 Å². The van der Waals surface area contributed by atoms with Gasteiger partial charge in [0.05, 0.1) is 17.8 Å². The first-order valence-electron chi connectivity index (χ1n) is 9.03. The number of piperidine rings is 1. The van der Waals surface area contributed by atoms with Crippen LogP contribution in [0.4, 0.5) is 0 Å². The molecule has 1 unspecified atom stereocenters. The average molecular weight is 352 g/mol. The maximum Gasteiger partial charge on any atom is 0.274 e. The van der Waals surface area contributed by atoms with E-state index >= 15 is 0 Å². The van der Waals surface area contributed by atoms with Crippen LogP contribution < -0.4 is 5.32 Å². The Morgan fingerprint density at radius 3 is 2.73 bits per heavy atom. The maximum absolute atomic E-state index is 12.6. The number of aryl methyl sites for hydroxylation is 1. The predicted molar refractivity (Wildman–Crippen MR) is 98.6 cm³/mol. The van der Waals surface area contributed by atoms with E-state index in [1.165, 1.54) is 11.8 Å². The molecule has 1 saturated heterocycles. The van der Waals surface area contributed by atoms with Gasteiger partial charge in [-0.25, -0.2) is 4.98 Å². The number of benzene rings is 1. The van der Waals surface area contributed by atoms with E-state index < -0.39 is 0 Å². The van der Waals surface area contributed by atoms with Crippen LogP contribution in [0.5, 0.6) is 0 Å². The molecule has 0 aliphatic carbocycles. The lowest BCUT2D eigenvalue weighted by atomic mass is 9.96. The number of carbonyl (C=O) groups is 2. The summed E-state index contributed by atoms with van der Waals surface area (Å²) in [5, 5.41) is 3.00. The number of hydrogen-bond acceptors (Lipinski definition) is 4. The molecule has 0 saturated carbocycles. The molecule has 1 atom stereocenters. The van der Waals surface area contributed by atoms with Gasteiger partial charge in [0.15, 0.2) is 0 Å². The summed E-state index contributed by atoms with van der Waals surface area (Å²) in [6.07, 6.45) is 5.52. The molecule has 0 radical (unpaired) electrons. The van der Waals surface area contributed by atoms with E-state index in [1.807, 2.05) is 25.1 Å². The topological polar surface area (TPSA) is 75.2 Å². The Morgan fingerprint density at radius 1 is 1.19 bits per heavy atom. The Kier molecular flexibility index (Phi) is 5.94. The predicted octanol–water partition coefficient (Wildman–Crippen LogP) is 2.00. The molecule has 0 spiro atoms. The van der Waals surface area contributed by atoms with E-state index in [0.29, 0.717) is 25.3 Å². The highest BCUT2D eigenvalue weighted by molar-refractivity contribution is 5.92. The first-order chi connectivity index (χ1) is 12.6. The van der Waals surface area contributed by atoms with E-state index in [-0.39, 0.29) is 17.7 Å². The molecular formula is C20H24N4O2. The lowest BCUT2D eigenvalue weighted by Crippen LogP contribution is -2.46. The zero-order valence-corrected chi connectivity index (χ0v) is 15.0. The van der Waals surface area contributed by atoms with Crippen LogP contribution in [0, 0.1) is 12.8 Å². The van der Waals surface area contributed by atoms with Crippen molar-refractivity contribution >= 4 is 11.8 Å². The third-order valence-corrected chi connectivity index (χ3v) is 4.64. The minimum atomic E-state index is -0.165. The molecule has 1 aromatic heterocycles. The van der Waals surface area contributed by atoms with Gasteiger partial charge < -0.3 is 10.2 Å². The van der Waals surface area contributed by atoms with E-state index in [9.17, 15) is 9.59 Å². The molecule has 0 bridgehead atoms. The van der Waals surface area contributed by atoms with Gasteiger partial charge in [0.2, 0.25) is 5.91 Å². The molecule has 1 fully saturated rings. The second-order valence-corrected chi connectivity index (χ2v) is 6.66. The van der Waals surface area contributed by atoms with E-state index in [1.54, 1.807) is 11.1 Å². The molecular weight excluding hydrogens is 328 g/mol. The fourth-order valence-corrected chi connectivity index (χ4v) is 3.16. The first-order valence-corrected chi connectivity index (χ1v) is 9.03. The number of aromatic nitrogens is 2. The van der Waals surface area contributed by atoms with Crippen LogP contribution in [0.25, 0.3) is 0 Å². The van der Waals surface area contributed by atoms with Crippen LogP contribution in [0.2, 0.25) is 0 Å². The monoisotopic (exact) mass is 352 g/mol. The summed E-state index contributed by atoms with van der Waals surface area (Å²) in [7, 11) is 0. The average Bonchev–Trinajstić information content (AvgIpc) is 2.69. The van der Waals surface area contributed by atoms with E-state index in [2.05, 4.69) is 27.4 Å². The van der Waals surface area contributed by atoms with Gasteiger partial charge in [-0.15, -0.1) is 0 Å². The van der Waals surface area contributed by atoms with Crippen molar-refractivity contribution in [1.29, 1.82) is 0 Å². The molecule has 3 rings (SSSR count). The first kappa shape index (κ1) is 18.0. The summed E-state index contributed by atoms with van der Waals surface area (Å²) >= 11 is 0. The van der Waals surface area contributed by atoms with Crippen molar-refractivity contribution in [2.24, 2.45) is 5.92 Å². The molecule has 1 N–H and O–H groups in total. The summed E-state index contributed by atoms with van der Waals surface area (Å²) < 4.78 is 0. The number of hydrogen-bond donors (Lipinski definition) is 1. The van der Waals surface area contributed by atoms with Gasteiger partial charge in [-0.1, -0.05) is 30.3 Å². The van der Waals surface area contributed by atoms with Crippen molar-refractivity contribution in [1.82, 2.24) is 20.2 Å². The number of carbonyl (C=O) groups excluding carboxylic acids is 2. The number of rotatable bonds is 5. The Hall–Kier alpha value is -2.76. The molecule has 26 heavy (non-hydrogen) atoms. The third-order valence-electron chi connectivity index (χ3n) is 4.64. The normalized spacial score (nSPS) is 17.0. The van der Waals surface area contributed by atoms with Crippen molar-refractivity contribution < 1.29 is 9.59 Å². The minimum Gasteiger partial charge on any atom is -0.355 e. The third kappa shape index (κ3) is 4.65. The van der Waals surface area contributed by atoms with E-state index in [0.717, 1.165) is 25.0 Å². The van der Waals surface area contributed by atoms with Crippen LogP contribution in [0.3, 0.4) is 0 Å². The minimum absolute atomic E-state index is 0.0217. The fourth-order valence-electron chi connectivity index (χ4n) is 3.16. The van der Waals surface area contributed by atoms with Crippen LogP contribution in [-0.4, -0.2) is 46.3 Å². The quantitative estimate of drug-likeness (QED) is 0.893. The van der Waals surface area contributed by atoms with Crippen LogP contribution in [0.1, 0.15) is 34.6 Å². The molecule has 2 amide bonds. The molecule has 1 aromatic carbocycles. The van der Waals surface area contributed by atoms with Crippen LogP contribution >= 0.6 is 0 Å². The van der Waals surface area contributed by atoms with Gasteiger partial charge in [-0.2, -0.15) is 0 Å². The van der Waals surface area contributed by atoms with Crippen LogP contribution in [0.15, 0.2) is 42.7 Å². The number of likely N-dealkylation sites (tertiary alicyclic amines) is 1. The molecule has 6 nitrogen and oxygen atoms in total. The molecule has 2 aromatic rings. The van der Waals surface area contributed by atoms with Gasteiger partial charge in [0, 0.05) is 25.8 Å².